The van der Waals surface area contributed by atoms with Crippen LogP contribution in [0, 0.1) is 6.92 Å². The fraction of sp³-hybridized carbons (Fsp3) is 0.300. The quantitative estimate of drug-likeness (QED) is 0.807. The molecule has 0 spiro atoms. The monoisotopic (exact) mass is 219 g/mol. The zero-order chi connectivity index (χ0) is 11.7. The third-order valence-electron chi connectivity index (χ3n) is 2.26. The van der Waals surface area contributed by atoms with Crippen LogP contribution in [0.5, 0.6) is 5.88 Å². The van der Waals surface area contributed by atoms with Crippen LogP contribution in [-0.2, 0) is 7.05 Å². The molecule has 0 bridgehead atoms. The maximum Gasteiger partial charge on any atom is 0.222 e. The SMILES string of the molecule is COc1c(-c2nccc(N)n2)c(C)nn1C. The van der Waals surface area contributed by atoms with E-state index in [-0.39, 0.29) is 0 Å². The summed E-state index contributed by atoms with van der Waals surface area (Å²) >= 11 is 0. The van der Waals surface area contributed by atoms with Gasteiger partial charge in [-0.15, -0.1) is 0 Å². The smallest absolute Gasteiger partial charge is 0.222 e. The molecule has 84 valence electrons. The van der Waals surface area contributed by atoms with Gasteiger partial charge in [0.2, 0.25) is 5.88 Å². The zero-order valence-electron chi connectivity index (χ0n) is 9.43. The largest absolute Gasteiger partial charge is 0.481 e. The summed E-state index contributed by atoms with van der Waals surface area (Å²) in [7, 11) is 3.40. The summed E-state index contributed by atoms with van der Waals surface area (Å²) in [4.78, 5) is 8.33. The second-order valence-corrected chi connectivity index (χ2v) is 3.40. The van der Waals surface area contributed by atoms with E-state index >= 15 is 0 Å². The lowest BCUT2D eigenvalue weighted by Crippen LogP contribution is -1.98. The second-order valence-electron chi connectivity index (χ2n) is 3.40. The molecule has 0 saturated carbocycles. The molecule has 0 atom stereocenters. The number of hydrogen-bond acceptors (Lipinski definition) is 5. The maximum atomic E-state index is 5.63. The van der Waals surface area contributed by atoms with Crippen LogP contribution in [0.4, 0.5) is 5.82 Å². The molecule has 2 N–H and O–H groups in total. The molecule has 0 aromatic carbocycles. The van der Waals surface area contributed by atoms with E-state index in [1.165, 1.54) is 0 Å². The fourth-order valence-corrected chi connectivity index (χ4v) is 1.62. The van der Waals surface area contributed by atoms with Gasteiger partial charge in [-0.05, 0) is 13.0 Å². The Kier molecular flexibility index (Phi) is 2.47. The van der Waals surface area contributed by atoms with E-state index in [1.54, 1.807) is 24.1 Å². The number of rotatable bonds is 2. The lowest BCUT2D eigenvalue weighted by Gasteiger charge is -2.03. The van der Waals surface area contributed by atoms with E-state index in [0.29, 0.717) is 17.5 Å². The van der Waals surface area contributed by atoms with Crippen LogP contribution in [0.2, 0.25) is 0 Å². The number of anilines is 1. The predicted octanol–water partition coefficient (Wildman–Crippen LogP) is 0.776. The first-order valence-corrected chi connectivity index (χ1v) is 4.80. The van der Waals surface area contributed by atoms with Crippen LogP contribution in [0.3, 0.4) is 0 Å². The molecule has 6 heteroatoms. The van der Waals surface area contributed by atoms with Crippen molar-refractivity contribution in [1.82, 2.24) is 19.7 Å². The van der Waals surface area contributed by atoms with E-state index in [0.717, 1.165) is 11.3 Å². The summed E-state index contributed by atoms with van der Waals surface area (Å²) in [5.41, 5.74) is 7.21. The highest BCUT2D eigenvalue weighted by molar-refractivity contribution is 5.65. The molecule has 0 fully saturated rings. The first-order chi connectivity index (χ1) is 7.63. The molecule has 0 aliphatic rings. The van der Waals surface area contributed by atoms with Crippen molar-refractivity contribution < 1.29 is 4.74 Å². The Hall–Kier alpha value is -2.11. The van der Waals surface area contributed by atoms with Crippen LogP contribution >= 0.6 is 0 Å². The van der Waals surface area contributed by atoms with Gasteiger partial charge in [0.15, 0.2) is 5.82 Å². The lowest BCUT2D eigenvalue weighted by molar-refractivity contribution is 0.374. The van der Waals surface area contributed by atoms with Crippen LogP contribution in [-0.4, -0.2) is 26.9 Å². The number of methoxy groups -OCH3 is 1. The topological polar surface area (TPSA) is 78.8 Å². The molecule has 2 rings (SSSR count). The summed E-state index contributed by atoms with van der Waals surface area (Å²) in [6.07, 6.45) is 1.61. The molecule has 0 radical (unpaired) electrons. The highest BCUT2D eigenvalue weighted by Crippen LogP contribution is 2.29. The number of nitrogen functional groups attached to an aromatic ring is 1. The first kappa shape index (κ1) is 10.4. The highest BCUT2D eigenvalue weighted by Gasteiger charge is 2.18. The maximum absolute atomic E-state index is 5.63. The Morgan fingerprint density at radius 3 is 2.81 bits per heavy atom. The van der Waals surface area contributed by atoms with E-state index in [1.807, 2.05) is 14.0 Å². The third kappa shape index (κ3) is 1.58. The Labute approximate surface area is 93.1 Å². The van der Waals surface area contributed by atoms with Crippen molar-refractivity contribution in [3.05, 3.63) is 18.0 Å². The number of aromatic nitrogens is 4. The Bertz CT molecular complexity index is 520. The van der Waals surface area contributed by atoms with Crippen LogP contribution in [0.25, 0.3) is 11.4 Å². The van der Waals surface area contributed by atoms with E-state index in [4.69, 9.17) is 10.5 Å². The van der Waals surface area contributed by atoms with E-state index in [2.05, 4.69) is 15.1 Å². The van der Waals surface area contributed by atoms with Gasteiger partial charge >= 0.3 is 0 Å². The van der Waals surface area contributed by atoms with Gasteiger partial charge in [-0.25, -0.2) is 14.6 Å². The van der Waals surface area contributed by atoms with E-state index in [9.17, 15) is 0 Å². The average molecular weight is 219 g/mol. The standard InChI is InChI=1S/C10H13N5O/c1-6-8(10(16-3)15(2)14-6)9-12-5-4-7(11)13-9/h4-5H,1-3H3,(H2,11,12,13). The minimum absolute atomic E-state index is 0.426. The van der Waals surface area contributed by atoms with Crippen molar-refractivity contribution in [2.45, 2.75) is 6.92 Å². The highest BCUT2D eigenvalue weighted by atomic mass is 16.5. The summed E-state index contributed by atoms with van der Waals surface area (Å²) < 4.78 is 6.92. The summed E-state index contributed by atoms with van der Waals surface area (Å²) in [6, 6.07) is 1.64. The molecule has 0 aliphatic heterocycles. The molecule has 16 heavy (non-hydrogen) atoms. The van der Waals surface area contributed by atoms with Gasteiger partial charge in [0, 0.05) is 13.2 Å². The minimum Gasteiger partial charge on any atom is -0.481 e. The van der Waals surface area contributed by atoms with Crippen molar-refractivity contribution in [2.24, 2.45) is 7.05 Å². The van der Waals surface area contributed by atoms with Crippen molar-refractivity contribution in [2.75, 3.05) is 12.8 Å². The zero-order valence-corrected chi connectivity index (χ0v) is 9.43. The van der Waals surface area contributed by atoms with Gasteiger partial charge in [0.05, 0.1) is 12.8 Å². The van der Waals surface area contributed by atoms with Crippen LogP contribution < -0.4 is 10.5 Å². The van der Waals surface area contributed by atoms with Gasteiger partial charge in [-0.2, -0.15) is 5.10 Å². The number of nitrogens with two attached hydrogens (primary N) is 1. The average Bonchev–Trinajstić information content (AvgIpc) is 2.52. The summed E-state index contributed by atoms with van der Waals surface area (Å²) in [5.74, 6) is 1.58. The minimum atomic E-state index is 0.426. The normalized spacial score (nSPS) is 10.4. The molecule has 0 saturated heterocycles. The predicted molar refractivity (Wildman–Crippen MR) is 59.9 cm³/mol. The number of hydrogen-bond donors (Lipinski definition) is 1. The van der Waals surface area contributed by atoms with Crippen molar-refractivity contribution >= 4 is 5.82 Å². The van der Waals surface area contributed by atoms with Gasteiger partial charge in [-0.3, -0.25) is 0 Å². The molecular weight excluding hydrogens is 206 g/mol. The lowest BCUT2D eigenvalue weighted by atomic mass is 10.2. The van der Waals surface area contributed by atoms with Crippen LogP contribution in [0.1, 0.15) is 5.69 Å². The Balaban J connectivity index is 2.63. The van der Waals surface area contributed by atoms with Gasteiger partial charge < -0.3 is 10.5 Å². The van der Waals surface area contributed by atoms with Gasteiger partial charge in [0.25, 0.3) is 0 Å². The van der Waals surface area contributed by atoms with Crippen molar-refractivity contribution in [3.8, 4) is 17.3 Å². The summed E-state index contributed by atoms with van der Waals surface area (Å²) in [6.45, 7) is 1.88. The molecular formula is C10H13N5O. The first-order valence-electron chi connectivity index (χ1n) is 4.80. The molecule has 2 aromatic rings. The second kappa shape index (κ2) is 3.80. The molecule has 0 unspecified atom stereocenters. The van der Waals surface area contributed by atoms with Gasteiger partial charge in [0.1, 0.15) is 11.4 Å². The molecule has 0 aliphatic carbocycles. The molecule has 2 heterocycles. The summed E-state index contributed by atoms with van der Waals surface area (Å²) in [5, 5.41) is 4.26. The number of aryl methyl sites for hydroxylation is 2. The van der Waals surface area contributed by atoms with Crippen LogP contribution in [0.15, 0.2) is 12.3 Å². The molecule has 2 aromatic heterocycles. The number of ether oxygens (including phenoxy) is 1. The van der Waals surface area contributed by atoms with Crippen molar-refractivity contribution in [3.63, 3.8) is 0 Å². The molecule has 6 nitrogen and oxygen atoms in total. The van der Waals surface area contributed by atoms with E-state index < -0.39 is 0 Å². The number of nitrogens with zero attached hydrogens (tertiary/aromatic N) is 4. The Morgan fingerprint density at radius 1 is 1.44 bits per heavy atom. The third-order valence-corrected chi connectivity index (χ3v) is 2.26. The van der Waals surface area contributed by atoms with Gasteiger partial charge in [-0.1, -0.05) is 0 Å². The fourth-order valence-electron chi connectivity index (χ4n) is 1.62. The van der Waals surface area contributed by atoms with Crippen molar-refractivity contribution in [1.29, 1.82) is 0 Å². The molecule has 0 amide bonds. The Morgan fingerprint density at radius 2 is 2.19 bits per heavy atom.